The summed E-state index contributed by atoms with van der Waals surface area (Å²) in [5, 5.41) is 27.7. The van der Waals surface area contributed by atoms with Crippen LogP contribution in [0.3, 0.4) is 0 Å². The molecule has 0 spiro atoms. The van der Waals surface area contributed by atoms with Gasteiger partial charge in [-0.1, -0.05) is 12.1 Å². The van der Waals surface area contributed by atoms with Gasteiger partial charge in [0.1, 0.15) is 6.04 Å². The molecule has 40 heavy (non-hydrogen) atoms. The number of fused-ring (bicyclic) bond motifs is 1. The highest BCUT2D eigenvalue weighted by atomic mass is 19.4. The van der Waals surface area contributed by atoms with E-state index in [0.29, 0.717) is 0 Å². The number of esters is 1. The number of nitrogens with zero attached hydrogens (tertiary/aromatic N) is 4. The first-order valence-electron chi connectivity index (χ1n) is 11.8. The van der Waals surface area contributed by atoms with Gasteiger partial charge in [0, 0.05) is 23.0 Å². The Morgan fingerprint density at radius 2 is 2.00 bits per heavy atom. The summed E-state index contributed by atoms with van der Waals surface area (Å²) < 4.78 is 46.6. The zero-order valence-corrected chi connectivity index (χ0v) is 21.4. The lowest BCUT2D eigenvalue weighted by molar-refractivity contribution is -0.138. The Morgan fingerprint density at radius 1 is 1.27 bits per heavy atom. The summed E-state index contributed by atoms with van der Waals surface area (Å²) in [5.74, 6) is -1.77. The van der Waals surface area contributed by atoms with Crippen molar-refractivity contribution >= 4 is 23.5 Å². The van der Waals surface area contributed by atoms with Crippen LogP contribution in [0.1, 0.15) is 46.9 Å². The van der Waals surface area contributed by atoms with Gasteiger partial charge in [-0.3, -0.25) is 9.69 Å². The number of hydrogen-bond donors (Lipinski definition) is 3. The number of amides is 1. The second-order valence-corrected chi connectivity index (χ2v) is 8.95. The molecule has 0 saturated carbocycles. The van der Waals surface area contributed by atoms with E-state index in [-0.39, 0.29) is 46.2 Å². The number of aliphatic hydroxyl groups is 1. The molecule has 3 aromatic rings. The van der Waals surface area contributed by atoms with Gasteiger partial charge in [0.15, 0.2) is 0 Å². The number of hydrogen-bond acceptors (Lipinski definition) is 8. The van der Waals surface area contributed by atoms with Crippen LogP contribution in [0.25, 0.3) is 0 Å². The number of aromatic nitrogens is 3. The van der Waals surface area contributed by atoms with E-state index in [1.165, 1.54) is 42.2 Å². The van der Waals surface area contributed by atoms with Crippen LogP contribution in [0.5, 0.6) is 0 Å². The second kappa shape index (κ2) is 10.7. The van der Waals surface area contributed by atoms with E-state index in [4.69, 9.17) is 4.74 Å². The first-order valence-corrected chi connectivity index (χ1v) is 11.8. The molecule has 4 rings (SSSR count). The number of benzene rings is 2. The van der Waals surface area contributed by atoms with Crippen LogP contribution in [0.4, 0.5) is 24.8 Å². The summed E-state index contributed by atoms with van der Waals surface area (Å²) in [7, 11) is 1.09. The minimum atomic E-state index is -4.67. The first-order chi connectivity index (χ1) is 18.9. The third kappa shape index (κ3) is 4.94. The molecule has 208 valence electrons. The number of methoxy groups -OCH3 is 1. The monoisotopic (exact) mass is 556 g/mol. The number of anilines is 2. The molecule has 1 unspecified atom stereocenters. The van der Waals surface area contributed by atoms with E-state index in [2.05, 4.69) is 15.5 Å². The van der Waals surface area contributed by atoms with E-state index in [0.717, 1.165) is 23.8 Å². The van der Waals surface area contributed by atoms with Crippen LogP contribution < -0.4 is 15.9 Å². The summed E-state index contributed by atoms with van der Waals surface area (Å²) in [6.45, 7) is 2.60. The van der Waals surface area contributed by atoms with Crippen molar-refractivity contribution in [1.29, 1.82) is 5.26 Å². The Balaban J connectivity index is 2.02. The third-order valence-electron chi connectivity index (χ3n) is 6.35. The highest BCUT2D eigenvalue weighted by Gasteiger charge is 2.41. The Labute approximate surface area is 225 Å². The van der Waals surface area contributed by atoms with Crippen molar-refractivity contribution in [1.82, 2.24) is 20.1 Å². The molecule has 14 heteroatoms. The lowest BCUT2D eigenvalue weighted by Gasteiger charge is -2.36. The van der Waals surface area contributed by atoms with E-state index >= 15 is 0 Å². The molecular formula is C26H23F3N6O5. The molecule has 1 aromatic heterocycles. The largest absolute Gasteiger partial charge is 0.466 e. The molecule has 1 aliphatic rings. The minimum absolute atomic E-state index is 0.0398. The summed E-state index contributed by atoms with van der Waals surface area (Å²) >= 11 is 0. The predicted molar refractivity (Wildman–Crippen MR) is 134 cm³/mol. The number of carbonyl (C=O) groups is 2. The van der Waals surface area contributed by atoms with E-state index in [1.807, 2.05) is 6.07 Å². The molecule has 3 N–H and O–H groups in total. The van der Waals surface area contributed by atoms with Crippen LogP contribution in [-0.4, -0.2) is 51.5 Å². The van der Waals surface area contributed by atoms with E-state index in [1.54, 1.807) is 6.92 Å². The van der Waals surface area contributed by atoms with Crippen molar-refractivity contribution in [3.8, 4) is 6.07 Å². The number of rotatable bonds is 6. The zero-order chi connectivity index (χ0) is 29.4. The smallest absolute Gasteiger partial charge is 0.416 e. The Bertz CT molecular complexity index is 1620. The number of nitrogens with one attached hydrogen (secondary N) is 2. The van der Waals surface area contributed by atoms with Crippen molar-refractivity contribution in [2.75, 3.05) is 18.6 Å². The number of nitriles is 1. The molecule has 0 fully saturated rings. The standard InChI is InChI=1S/C26H23F3N6O5/c1-13(12-36)31-22(37)19-9-15(11-30)7-8-18(19)21-20(23(38)40-3)14(2)34(24-32-33-25(39)35(21)24)17-6-4-5-16(10-17)26(27,28)29/h4-10,13,21,36H,12H2,1-3H3,(H,31,37)(H,33,39)/t13?,21-/m1/s1. The number of aliphatic hydroxyl groups excluding tert-OH is 1. The van der Waals surface area contributed by atoms with Gasteiger partial charge in [0.2, 0.25) is 5.95 Å². The van der Waals surface area contributed by atoms with Crippen molar-refractivity contribution < 1.29 is 32.6 Å². The van der Waals surface area contributed by atoms with Crippen molar-refractivity contribution in [3.63, 3.8) is 0 Å². The van der Waals surface area contributed by atoms with Crippen LogP contribution in [0.2, 0.25) is 0 Å². The summed E-state index contributed by atoms with van der Waals surface area (Å²) in [6.07, 6.45) is -4.67. The molecule has 2 heterocycles. The molecule has 1 amide bonds. The van der Waals surface area contributed by atoms with Crippen LogP contribution in [0, 0.1) is 11.3 Å². The highest BCUT2D eigenvalue weighted by molar-refractivity contribution is 5.99. The van der Waals surface area contributed by atoms with Gasteiger partial charge in [-0.15, -0.1) is 5.10 Å². The zero-order valence-electron chi connectivity index (χ0n) is 21.4. The molecule has 0 bridgehead atoms. The molecule has 0 saturated heterocycles. The maximum atomic E-state index is 13.5. The predicted octanol–water partition coefficient (Wildman–Crippen LogP) is 2.76. The van der Waals surface area contributed by atoms with E-state index < -0.39 is 41.4 Å². The molecule has 1 aliphatic heterocycles. The fourth-order valence-corrected chi connectivity index (χ4v) is 4.49. The second-order valence-electron chi connectivity index (χ2n) is 8.95. The number of alkyl halides is 3. The van der Waals surface area contributed by atoms with Gasteiger partial charge in [0.25, 0.3) is 5.91 Å². The van der Waals surface area contributed by atoms with Gasteiger partial charge < -0.3 is 15.2 Å². The molecule has 0 aliphatic carbocycles. The molecule has 0 radical (unpaired) electrons. The third-order valence-corrected chi connectivity index (χ3v) is 6.35. The van der Waals surface area contributed by atoms with Crippen molar-refractivity contribution in [3.05, 3.63) is 86.5 Å². The molecule has 2 aromatic carbocycles. The maximum absolute atomic E-state index is 13.5. The molecule has 11 nitrogen and oxygen atoms in total. The average molecular weight is 557 g/mol. The maximum Gasteiger partial charge on any atom is 0.416 e. The topological polar surface area (TPSA) is 153 Å². The minimum Gasteiger partial charge on any atom is -0.466 e. The number of halogens is 3. The SMILES string of the molecule is COC(=O)C1=C(C)N(c2cccc(C(F)(F)F)c2)c2n[nH]c(=O)n2[C@@H]1c1ccc(C#N)cc1C(=O)NC(C)CO. The van der Waals surface area contributed by atoms with Gasteiger partial charge in [0.05, 0.1) is 36.5 Å². The van der Waals surface area contributed by atoms with Crippen molar-refractivity contribution in [2.24, 2.45) is 0 Å². The van der Waals surface area contributed by atoms with Gasteiger partial charge in [-0.05, 0) is 49.7 Å². The van der Waals surface area contributed by atoms with Gasteiger partial charge in [-0.25, -0.2) is 19.3 Å². The quantitative estimate of drug-likeness (QED) is 0.392. The van der Waals surface area contributed by atoms with E-state index in [9.17, 15) is 37.9 Å². The number of H-pyrrole nitrogens is 1. The number of allylic oxidation sites excluding steroid dienone is 1. The fraction of sp³-hybridized carbons (Fsp3) is 0.269. The van der Waals surface area contributed by atoms with Crippen molar-refractivity contribution in [2.45, 2.75) is 32.1 Å². The number of carbonyl (C=O) groups excluding carboxylic acids is 2. The lowest BCUT2D eigenvalue weighted by atomic mass is 9.89. The first kappa shape index (κ1) is 28.1. The van der Waals surface area contributed by atoms with Gasteiger partial charge >= 0.3 is 17.8 Å². The summed E-state index contributed by atoms with van der Waals surface area (Å²) in [4.78, 5) is 40.8. The summed E-state index contributed by atoms with van der Waals surface area (Å²) in [5.41, 5.74) is -1.78. The summed E-state index contributed by atoms with van der Waals surface area (Å²) in [6, 6.07) is 8.23. The Morgan fingerprint density at radius 3 is 2.62 bits per heavy atom. The normalized spacial score (nSPS) is 15.8. The van der Waals surface area contributed by atoms with Crippen LogP contribution in [0.15, 0.2) is 58.5 Å². The fourth-order valence-electron chi connectivity index (χ4n) is 4.49. The average Bonchev–Trinajstić information content (AvgIpc) is 3.31. The lowest BCUT2D eigenvalue weighted by Crippen LogP contribution is -2.40. The van der Waals surface area contributed by atoms with Gasteiger partial charge in [-0.2, -0.15) is 18.4 Å². The number of aromatic amines is 1. The Hall–Kier alpha value is -4.90. The van der Waals surface area contributed by atoms with Crippen LogP contribution >= 0.6 is 0 Å². The highest BCUT2D eigenvalue weighted by Crippen LogP contribution is 2.43. The molecule has 2 atom stereocenters. The number of ether oxygens (including phenoxy) is 1. The Kier molecular flexibility index (Phi) is 7.52. The van der Waals surface area contributed by atoms with Crippen LogP contribution in [-0.2, 0) is 15.7 Å². The molecular weight excluding hydrogens is 533 g/mol.